The summed E-state index contributed by atoms with van der Waals surface area (Å²) in [5, 5.41) is 7.94. The van der Waals surface area contributed by atoms with E-state index in [9.17, 15) is 0 Å². The van der Waals surface area contributed by atoms with E-state index in [2.05, 4.69) is 45.7 Å². The monoisotopic (exact) mass is 302 g/mol. The first-order valence-corrected chi connectivity index (χ1v) is 8.75. The van der Waals surface area contributed by atoms with Crippen molar-refractivity contribution in [1.82, 2.24) is 19.9 Å². The van der Waals surface area contributed by atoms with Gasteiger partial charge in [-0.25, -0.2) is 0 Å². The van der Waals surface area contributed by atoms with E-state index < -0.39 is 0 Å². The highest BCUT2D eigenvalue weighted by Crippen LogP contribution is 2.21. The molecule has 0 saturated carbocycles. The van der Waals surface area contributed by atoms with Crippen molar-refractivity contribution in [2.45, 2.75) is 30.8 Å². The number of hydrogen-bond donors (Lipinski definition) is 0. The van der Waals surface area contributed by atoms with Gasteiger partial charge in [-0.1, -0.05) is 17.3 Å². The van der Waals surface area contributed by atoms with Gasteiger partial charge in [0.15, 0.2) is 0 Å². The van der Waals surface area contributed by atoms with E-state index >= 15 is 0 Å². The van der Waals surface area contributed by atoms with Gasteiger partial charge < -0.3 is 0 Å². The SMILES string of the molecule is CSc1ccc(CN2CCC(Cn3ccnn3)CC2)cc1. The standard InChI is InChI=1S/C16H22N4S/c1-21-16-4-2-14(3-5-16)12-19-9-6-15(7-10-19)13-20-11-8-17-18-20/h2-5,8,11,15H,6-7,9-10,12-13H2,1H3. The Morgan fingerprint density at radius 3 is 2.57 bits per heavy atom. The quantitative estimate of drug-likeness (QED) is 0.795. The third kappa shape index (κ3) is 4.08. The van der Waals surface area contributed by atoms with Crippen LogP contribution in [0.2, 0.25) is 0 Å². The Bertz CT molecular complexity index is 530. The average Bonchev–Trinajstić information content (AvgIpc) is 3.03. The summed E-state index contributed by atoms with van der Waals surface area (Å²) in [7, 11) is 0. The van der Waals surface area contributed by atoms with Crippen LogP contribution < -0.4 is 0 Å². The normalized spacial score (nSPS) is 17.2. The average molecular weight is 302 g/mol. The lowest BCUT2D eigenvalue weighted by atomic mass is 9.96. The molecule has 1 aromatic heterocycles. The third-order valence-electron chi connectivity index (χ3n) is 4.19. The molecule has 21 heavy (non-hydrogen) atoms. The molecule has 3 rings (SSSR count). The van der Waals surface area contributed by atoms with E-state index in [1.807, 2.05) is 10.9 Å². The number of benzene rings is 1. The molecular weight excluding hydrogens is 280 g/mol. The Hall–Kier alpha value is -1.33. The number of thioether (sulfide) groups is 1. The molecule has 4 nitrogen and oxygen atoms in total. The third-order valence-corrected chi connectivity index (χ3v) is 4.93. The summed E-state index contributed by atoms with van der Waals surface area (Å²) in [6.07, 6.45) is 8.34. The number of piperidine rings is 1. The minimum Gasteiger partial charge on any atom is -0.299 e. The summed E-state index contributed by atoms with van der Waals surface area (Å²) in [6.45, 7) is 4.45. The Balaban J connectivity index is 1.46. The van der Waals surface area contributed by atoms with Crippen LogP contribution in [0.15, 0.2) is 41.6 Å². The molecule has 0 bridgehead atoms. The molecule has 0 radical (unpaired) electrons. The minimum atomic E-state index is 0.738. The van der Waals surface area contributed by atoms with Crippen LogP contribution in [0.4, 0.5) is 0 Å². The first-order chi connectivity index (χ1) is 10.3. The molecule has 5 heteroatoms. The van der Waals surface area contributed by atoms with Crippen LogP contribution in [0.1, 0.15) is 18.4 Å². The Labute approximate surface area is 130 Å². The van der Waals surface area contributed by atoms with Gasteiger partial charge in [-0.2, -0.15) is 0 Å². The zero-order valence-electron chi connectivity index (χ0n) is 12.5. The lowest BCUT2D eigenvalue weighted by Crippen LogP contribution is -2.34. The molecule has 0 unspecified atom stereocenters. The van der Waals surface area contributed by atoms with Crippen molar-refractivity contribution in [2.24, 2.45) is 5.92 Å². The van der Waals surface area contributed by atoms with Gasteiger partial charge in [0.05, 0.1) is 6.20 Å². The predicted octanol–water partition coefficient (Wildman–Crippen LogP) is 2.91. The van der Waals surface area contributed by atoms with Crippen LogP contribution in [0, 0.1) is 5.92 Å². The Kier molecular flexibility index (Phi) is 4.93. The van der Waals surface area contributed by atoms with Gasteiger partial charge >= 0.3 is 0 Å². The zero-order valence-corrected chi connectivity index (χ0v) is 13.3. The fourth-order valence-corrected chi connectivity index (χ4v) is 3.32. The first-order valence-electron chi connectivity index (χ1n) is 7.53. The van der Waals surface area contributed by atoms with E-state index in [-0.39, 0.29) is 0 Å². The molecule has 0 aliphatic carbocycles. The topological polar surface area (TPSA) is 34.0 Å². The molecule has 1 aliphatic heterocycles. The van der Waals surface area contributed by atoms with Crippen molar-refractivity contribution in [3.63, 3.8) is 0 Å². The Morgan fingerprint density at radius 2 is 1.95 bits per heavy atom. The van der Waals surface area contributed by atoms with Crippen LogP contribution >= 0.6 is 11.8 Å². The second kappa shape index (κ2) is 7.09. The largest absolute Gasteiger partial charge is 0.299 e. The van der Waals surface area contributed by atoms with E-state index in [0.717, 1.165) is 19.0 Å². The van der Waals surface area contributed by atoms with Crippen molar-refractivity contribution < 1.29 is 0 Å². The number of likely N-dealkylation sites (tertiary alicyclic amines) is 1. The molecule has 2 heterocycles. The van der Waals surface area contributed by atoms with E-state index in [1.54, 1.807) is 18.0 Å². The zero-order chi connectivity index (χ0) is 14.5. The maximum Gasteiger partial charge on any atom is 0.0692 e. The second-order valence-electron chi connectivity index (χ2n) is 5.69. The molecule has 1 aliphatic rings. The minimum absolute atomic E-state index is 0.738. The molecule has 0 amide bonds. The highest BCUT2D eigenvalue weighted by atomic mass is 32.2. The van der Waals surface area contributed by atoms with E-state index in [0.29, 0.717) is 0 Å². The fourth-order valence-electron chi connectivity index (χ4n) is 2.91. The van der Waals surface area contributed by atoms with Gasteiger partial charge in [-0.15, -0.1) is 16.9 Å². The van der Waals surface area contributed by atoms with Gasteiger partial charge in [0, 0.05) is 24.2 Å². The molecule has 0 atom stereocenters. The van der Waals surface area contributed by atoms with Gasteiger partial charge in [0.1, 0.15) is 0 Å². The molecule has 1 fully saturated rings. The molecule has 0 N–H and O–H groups in total. The van der Waals surface area contributed by atoms with Crippen LogP contribution in [-0.4, -0.2) is 39.2 Å². The molecule has 1 saturated heterocycles. The van der Waals surface area contributed by atoms with Crippen molar-refractivity contribution in [2.75, 3.05) is 19.3 Å². The smallest absolute Gasteiger partial charge is 0.0692 e. The number of rotatable bonds is 5. The lowest BCUT2D eigenvalue weighted by molar-refractivity contribution is 0.164. The van der Waals surface area contributed by atoms with Crippen LogP contribution in [-0.2, 0) is 13.1 Å². The molecule has 1 aromatic carbocycles. The molecule has 0 spiro atoms. The summed E-state index contributed by atoms with van der Waals surface area (Å²) in [4.78, 5) is 3.90. The summed E-state index contributed by atoms with van der Waals surface area (Å²) >= 11 is 1.80. The van der Waals surface area contributed by atoms with Crippen molar-refractivity contribution >= 4 is 11.8 Å². The summed E-state index contributed by atoms with van der Waals surface area (Å²) in [6, 6.07) is 8.95. The van der Waals surface area contributed by atoms with Gasteiger partial charge in [0.25, 0.3) is 0 Å². The van der Waals surface area contributed by atoms with Gasteiger partial charge in [-0.3, -0.25) is 9.58 Å². The van der Waals surface area contributed by atoms with E-state index in [4.69, 9.17) is 0 Å². The number of aromatic nitrogens is 3. The van der Waals surface area contributed by atoms with Crippen molar-refractivity contribution in [3.8, 4) is 0 Å². The van der Waals surface area contributed by atoms with Crippen molar-refractivity contribution in [1.29, 1.82) is 0 Å². The van der Waals surface area contributed by atoms with Crippen LogP contribution in [0.25, 0.3) is 0 Å². The van der Waals surface area contributed by atoms with Crippen molar-refractivity contribution in [3.05, 3.63) is 42.2 Å². The van der Waals surface area contributed by atoms with Crippen LogP contribution in [0.3, 0.4) is 0 Å². The Morgan fingerprint density at radius 1 is 1.19 bits per heavy atom. The highest BCUT2D eigenvalue weighted by Gasteiger charge is 2.19. The summed E-state index contributed by atoms with van der Waals surface area (Å²) in [5.41, 5.74) is 1.42. The molecule has 112 valence electrons. The predicted molar refractivity (Wildman–Crippen MR) is 86.2 cm³/mol. The summed E-state index contributed by atoms with van der Waals surface area (Å²) < 4.78 is 1.96. The second-order valence-corrected chi connectivity index (χ2v) is 6.57. The number of hydrogen-bond acceptors (Lipinski definition) is 4. The maximum absolute atomic E-state index is 4.06. The fraction of sp³-hybridized carbons (Fsp3) is 0.500. The highest BCUT2D eigenvalue weighted by molar-refractivity contribution is 7.98. The van der Waals surface area contributed by atoms with E-state index in [1.165, 1.54) is 36.4 Å². The molecular formula is C16H22N4S. The summed E-state index contributed by atoms with van der Waals surface area (Å²) in [5.74, 6) is 0.738. The van der Waals surface area contributed by atoms with Crippen LogP contribution in [0.5, 0.6) is 0 Å². The van der Waals surface area contributed by atoms with Gasteiger partial charge in [0.2, 0.25) is 0 Å². The molecule has 2 aromatic rings. The number of nitrogens with zero attached hydrogens (tertiary/aromatic N) is 4. The maximum atomic E-state index is 4.06. The lowest BCUT2D eigenvalue weighted by Gasteiger charge is -2.31. The van der Waals surface area contributed by atoms with Gasteiger partial charge in [-0.05, 0) is 55.8 Å². The first kappa shape index (κ1) is 14.6.